The van der Waals surface area contributed by atoms with Crippen molar-refractivity contribution in [3.63, 3.8) is 0 Å². The van der Waals surface area contributed by atoms with E-state index in [1.54, 1.807) is 44.0 Å². The lowest BCUT2D eigenvalue weighted by Crippen LogP contribution is -2.59. The summed E-state index contributed by atoms with van der Waals surface area (Å²) < 4.78 is 5.28. The monoisotopic (exact) mass is 335 g/mol. The molecule has 8 heteroatoms. The number of aldehydes is 1. The third-order valence-corrected chi connectivity index (χ3v) is 3.54. The van der Waals surface area contributed by atoms with E-state index in [0.29, 0.717) is 24.2 Å². The minimum atomic E-state index is -1.13. The quantitative estimate of drug-likeness (QED) is 0.833. The van der Waals surface area contributed by atoms with Gasteiger partial charge in [0.25, 0.3) is 0 Å². The molecule has 0 bridgehead atoms. The van der Waals surface area contributed by atoms with Crippen LogP contribution in [-0.2, 0) is 9.53 Å². The van der Waals surface area contributed by atoms with Crippen molar-refractivity contribution in [2.75, 3.05) is 24.5 Å². The SMILES string of the molecule is CC(C)(C)OC(=O)N1CCN(c2ncccc2C=O)CC1C(=O)O. The first-order chi connectivity index (χ1) is 11.2. The number of aromatic nitrogens is 1. The molecule has 0 spiro atoms. The van der Waals surface area contributed by atoms with Crippen LogP contribution < -0.4 is 4.90 Å². The zero-order chi connectivity index (χ0) is 17.9. The molecule has 1 unspecified atom stereocenters. The molecule has 2 rings (SSSR count). The van der Waals surface area contributed by atoms with Gasteiger partial charge >= 0.3 is 12.1 Å². The molecule has 24 heavy (non-hydrogen) atoms. The molecule has 1 N–H and O–H groups in total. The Bertz CT molecular complexity index is 641. The van der Waals surface area contributed by atoms with Crippen LogP contribution in [0.15, 0.2) is 18.3 Å². The number of hydrogen-bond donors (Lipinski definition) is 1. The van der Waals surface area contributed by atoms with E-state index in [1.165, 1.54) is 4.90 Å². The van der Waals surface area contributed by atoms with Gasteiger partial charge in [-0.1, -0.05) is 0 Å². The maximum Gasteiger partial charge on any atom is 0.411 e. The Morgan fingerprint density at radius 3 is 2.67 bits per heavy atom. The predicted molar refractivity (Wildman–Crippen MR) is 86.2 cm³/mol. The molecule has 8 nitrogen and oxygen atoms in total. The van der Waals surface area contributed by atoms with Gasteiger partial charge in [0.1, 0.15) is 17.5 Å². The van der Waals surface area contributed by atoms with Crippen LogP contribution in [0.2, 0.25) is 0 Å². The number of nitrogens with zero attached hydrogens (tertiary/aromatic N) is 3. The van der Waals surface area contributed by atoms with Gasteiger partial charge in [-0.05, 0) is 32.9 Å². The van der Waals surface area contributed by atoms with Gasteiger partial charge in [0, 0.05) is 19.3 Å². The van der Waals surface area contributed by atoms with Gasteiger partial charge in [-0.2, -0.15) is 0 Å². The lowest BCUT2D eigenvalue weighted by Gasteiger charge is -2.40. The summed E-state index contributed by atoms with van der Waals surface area (Å²) in [6, 6.07) is 2.18. The molecule has 0 aliphatic carbocycles. The molecule has 1 aromatic heterocycles. The van der Waals surface area contributed by atoms with Crippen LogP contribution in [0.4, 0.5) is 10.6 Å². The van der Waals surface area contributed by atoms with Crippen LogP contribution in [0.3, 0.4) is 0 Å². The Morgan fingerprint density at radius 1 is 1.38 bits per heavy atom. The first-order valence-electron chi connectivity index (χ1n) is 7.60. The first kappa shape index (κ1) is 17.7. The molecule has 0 aromatic carbocycles. The summed E-state index contributed by atoms with van der Waals surface area (Å²) >= 11 is 0. The van der Waals surface area contributed by atoms with Crippen LogP contribution >= 0.6 is 0 Å². The summed E-state index contributed by atoms with van der Waals surface area (Å²) in [5.74, 6) is -0.711. The lowest BCUT2D eigenvalue weighted by molar-refractivity contribution is -0.143. The van der Waals surface area contributed by atoms with Gasteiger partial charge in [-0.3, -0.25) is 9.69 Å². The highest BCUT2D eigenvalue weighted by atomic mass is 16.6. The molecule has 130 valence electrons. The Hall–Kier alpha value is -2.64. The number of aliphatic carboxylic acids is 1. The normalized spacial score (nSPS) is 18.2. The molecule has 1 fully saturated rings. The van der Waals surface area contributed by atoms with Gasteiger partial charge in [0.15, 0.2) is 6.29 Å². The second kappa shape index (κ2) is 6.86. The fourth-order valence-corrected chi connectivity index (χ4v) is 2.49. The topological polar surface area (TPSA) is 100 Å². The van der Waals surface area contributed by atoms with Crippen LogP contribution in [-0.4, -0.2) is 64.6 Å². The smallest absolute Gasteiger partial charge is 0.411 e. The minimum absolute atomic E-state index is 0.0342. The maximum atomic E-state index is 12.2. The number of ether oxygens (including phenoxy) is 1. The number of carbonyl (C=O) groups is 3. The molecule has 0 radical (unpaired) electrons. The summed E-state index contributed by atoms with van der Waals surface area (Å²) in [5, 5.41) is 9.48. The summed E-state index contributed by atoms with van der Waals surface area (Å²) in [5.41, 5.74) is -0.324. The Morgan fingerprint density at radius 2 is 2.08 bits per heavy atom. The second-order valence-electron chi connectivity index (χ2n) is 6.51. The number of anilines is 1. The van der Waals surface area contributed by atoms with Crippen molar-refractivity contribution in [1.82, 2.24) is 9.88 Å². The summed E-state index contributed by atoms with van der Waals surface area (Å²) in [7, 11) is 0. The number of carbonyl (C=O) groups excluding carboxylic acids is 2. The highest BCUT2D eigenvalue weighted by Gasteiger charge is 2.38. The molecule has 1 atom stereocenters. The molecular formula is C16H21N3O5. The van der Waals surface area contributed by atoms with E-state index in [1.807, 2.05) is 0 Å². The number of amides is 1. The summed E-state index contributed by atoms with van der Waals surface area (Å²) in [6.07, 6.45) is 1.56. The average molecular weight is 335 g/mol. The second-order valence-corrected chi connectivity index (χ2v) is 6.51. The highest BCUT2D eigenvalue weighted by molar-refractivity contribution is 5.84. The fraction of sp³-hybridized carbons (Fsp3) is 0.500. The Labute approximate surface area is 140 Å². The van der Waals surface area contributed by atoms with Gasteiger partial charge in [-0.25, -0.2) is 14.6 Å². The Balaban J connectivity index is 2.20. The third-order valence-electron chi connectivity index (χ3n) is 3.54. The number of rotatable bonds is 3. The van der Waals surface area contributed by atoms with E-state index in [-0.39, 0.29) is 13.1 Å². The molecule has 1 aromatic rings. The van der Waals surface area contributed by atoms with Crippen molar-refractivity contribution in [3.8, 4) is 0 Å². The molecular weight excluding hydrogens is 314 g/mol. The molecule has 1 amide bonds. The van der Waals surface area contributed by atoms with Crippen molar-refractivity contribution >= 4 is 24.2 Å². The number of hydrogen-bond acceptors (Lipinski definition) is 6. The molecule has 1 aliphatic rings. The molecule has 0 saturated carbocycles. The summed E-state index contributed by atoms with van der Waals surface area (Å²) in [4.78, 5) is 42.1. The van der Waals surface area contributed by atoms with Crippen molar-refractivity contribution in [3.05, 3.63) is 23.9 Å². The van der Waals surface area contributed by atoms with Crippen LogP contribution in [0.1, 0.15) is 31.1 Å². The van der Waals surface area contributed by atoms with E-state index in [9.17, 15) is 19.5 Å². The van der Waals surface area contributed by atoms with E-state index in [0.717, 1.165) is 0 Å². The average Bonchev–Trinajstić information content (AvgIpc) is 2.52. The Kier molecular flexibility index (Phi) is 5.06. The van der Waals surface area contributed by atoms with Crippen LogP contribution in [0, 0.1) is 0 Å². The number of carboxylic acids is 1. The standard InChI is InChI=1S/C16H21N3O5/c1-16(2,3)24-15(23)19-8-7-18(9-12(19)14(21)22)13-11(10-20)5-4-6-17-13/h4-6,10,12H,7-9H2,1-3H3,(H,21,22). The van der Waals surface area contributed by atoms with Gasteiger partial charge in [-0.15, -0.1) is 0 Å². The van der Waals surface area contributed by atoms with Gasteiger partial charge in [0.05, 0.1) is 12.1 Å². The number of piperazine rings is 1. The third kappa shape index (κ3) is 4.01. The largest absolute Gasteiger partial charge is 0.480 e. The van der Waals surface area contributed by atoms with E-state index >= 15 is 0 Å². The van der Waals surface area contributed by atoms with Crippen molar-refractivity contribution in [2.24, 2.45) is 0 Å². The van der Waals surface area contributed by atoms with E-state index < -0.39 is 23.7 Å². The highest BCUT2D eigenvalue weighted by Crippen LogP contribution is 2.22. The van der Waals surface area contributed by atoms with Crippen LogP contribution in [0.5, 0.6) is 0 Å². The molecule has 1 aliphatic heterocycles. The maximum absolute atomic E-state index is 12.2. The van der Waals surface area contributed by atoms with Crippen molar-refractivity contribution in [2.45, 2.75) is 32.4 Å². The molecule has 2 heterocycles. The van der Waals surface area contributed by atoms with Gasteiger partial charge < -0.3 is 14.7 Å². The van der Waals surface area contributed by atoms with E-state index in [2.05, 4.69) is 4.98 Å². The fourth-order valence-electron chi connectivity index (χ4n) is 2.49. The zero-order valence-electron chi connectivity index (χ0n) is 13.9. The lowest BCUT2D eigenvalue weighted by atomic mass is 10.1. The number of carboxylic acid groups (broad SMARTS) is 1. The van der Waals surface area contributed by atoms with Crippen LogP contribution in [0.25, 0.3) is 0 Å². The minimum Gasteiger partial charge on any atom is -0.480 e. The first-order valence-corrected chi connectivity index (χ1v) is 7.60. The van der Waals surface area contributed by atoms with Gasteiger partial charge in [0.2, 0.25) is 0 Å². The van der Waals surface area contributed by atoms with Crippen molar-refractivity contribution in [1.29, 1.82) is 0 Å². The zero-order valence-corrected chi connectivity index (χ0v) is 13.9. The summed E-state index contributed by atoms with van der Waals surface area (Å²) in [6.45, 7) is 5.73. The predicted octanol–water partition coefficient (Wildman–Crippen LogP) is 1.40. The number of pyridine rings is 1. The molecule has 1 saturated heterocycles. The van der Waals surface area contributed by atoms with E-state index in [4.69, 9.17) is 4.74 Å². The van der Waals surface area contributed by atoms with Crippen molar-refractivity contribution < 1.29 is 24.2 Å².